The van der Waals surface area contributed by atoms with E-state index < -0.39 is 0 Å². The Balaban J connectivity index is 2.64. The van der Waals surface area contributed by atoms with Gasteiger partial charge < -0.3 is 4.74 Å². The first-order chi connectivity index (χ1) is 7.52. The highest BCUT2D eigenvalue weighted by molar-refractivity contribution is 5.81. The molecular weight excluding hydrogens is 200 g/mol. The molecule has 0 heterocycles. The van der Waals surface area contributed by atoms with E-state index in [9.17, 15) is 4.79 Å². The van der Waals surface area contributed by atoms with Gasteiger partial charge in [0.25, 0.3) is 0 Å². The molecule has 2 nitrogen and oxygen atoms in total. The summed E-state index contributed by atoms with van der Waals surface area (Å²) in [5.41, 5.74) is 2.42. The molecule has 0 amide bonds. The predicted octanol–water partition coefficient (Wildman–Crippen LogP) is 3.41. The third kappa shape index (κ3) is 3.69. The normalized spacial score (nSPS) is 23.6. The zero-order valence-electron chi connectivity index (χ0n) is 10.2. The Kier molecular flexibility index (Phi) is 4.53. The van der Waals surface area contributed by atoms with Gasteiger partial charge in [0.2, 0.25) is 0 Å². The van der Waals surface area contributed by atoms with Gasteiger partial charge in [-0.2, -0.15) is 0 Å². The molecule has 16 heavy (non-hydrogen) atoms. The van der Waals surface area contributed by atoms with Crippen molar-refractivity contribution in [1.29, 1.82) is 0 Å². The second-order valence-corrected chi connectivity index (χ2v) is 4.55. The Morgan fingerprint density at radius 3 is 2.81 bits per heavy atom. The number of hydrogen-bond donors (Lipinski definition) is 0. The van der Waals surface area contributed by atoms with Crippen LogP contribution >= 0.6 is 0 Å². The van der Waals surface area contributed by atoms with Crippen LogP contribution in [0.3, 0.4) is 0 Å². The van der Waals surface area contributed by atoms with Gasteiger partial charge in [0.1, 0.15) is 6.10 Å². The van der Waals surface area contributed by atoms with Crippen molar-refractivity contribution >= 4 is 5.97 Å². The summed E-state index contributed by atoms with van der Waals surface area (Å²) in [6, 6.07) is 0. The van der Waals surface area contributed by atoms with Crippen LogP contribution in [0.4, 0.5) is 0 Å². The molecule has 0 spiro atoms. The van der Waals surface area contributed by atoms with E-state index in [0.717, 1.165) is 19.3 Å². The minimum absolute atomic E-state index is 0.0130. The highest BCUT2D eigenvalue weighted by atomic mass is 16.5. The van der Waals surface area contributed by atoms with Crippen LogP contribution in [-0.2, 0) is 9.53 Å². The molecule has 1 atom stereocenters. The topological polar surface area (TPSA) is 26.3 Å². The monoisotopic (exact) mass is 220 g/mol. The Morgan fingerprint density at radius 2 is 2.25 bits per heavy atom. The lowest BCUT2D eigenvalue weighted by Crippen LogP contribution is -2.22. The average molecular weight is 220 g/mol. The summed E-state index contributed by atoms with van der Waals surface area (Å²) in [6.07, 6.45) is 5.98. The summed E-state index contributed by atoms with van der Waals surface area (Å²) in [7, 11) is 0. The first kappa shape index (κ1) is 12.8. The maximum atomic E-state index is 11.1. The van der Waals surface area contributed by atoms with Crippen LogP contribution in [0.15, 0.2) is 36.5 Å². The van der Waals surface area contributed by atoms with Gasteiger partial charge in [-0.1, -0.05) is 38.7 Å². The van der Waals surface area contributed by atoms with Crippen LogP contribution in [0.1, 0.15) is 33.1 Å². The van der Waals surface area contributed by atoms with Gasteiger partial charge in [0.05, 0.1) is 0 Å². The molecule has 0 bridgehead atoms. The molecule has 1 fully saturated rings. The van der Waals surface area contributed by atoms with E-state index in [1.165, 1.54) is 17.2 Å². The maximum absolute atomic E-state index is 11.1. The fraction of sp³-hybridized carbons (Fsp3) is 0.500. The molecular formula is C14H20O2. The molecule has 2 heteroatoms. The van der Waals surface area contributed by atoms with Gasteiger partial charge in [-0.3, -0.25) is 0 Å². The Bertz CT molecular complexity index is 324. The minimum atomic E-state index is -0.332. The standard InChI is InChI=1S/C14H20O2/c1-5-14(15)16-13-7-6-11(4)12(9-13)8-10(2)3/h5,8,10,13H,1,4,6-7,9H2,2-3H3. The molecule has 1 saturated carbocycles. The van der Waals surface area contributed by atoms with E-state index in [0.29, 0.717) is 5.92 Å². The van der Waals surface area contributed by atoms with Crippen molar-refractivity contribution in [2.45, 2.75) is 39.2 Å². The summed E-state index contributed by atoms with van der Waals surface area (Å²) in [6.45, 7) is 11.7. The van der Waals surface area contributed by atoms with E-state index in [2.05, 4.69) is 33.1 Å². The van der Waals surface area contributed by atoms with Crippen LogP contribution in [0.2, 0.25) is 0 Å². The predicted molar refractivity (Wildman–Crippen MR) is 66.0 cm³/mol. The van der Waals surface area contributed by atoms with Gasteiger partial charge in [0, 0.05) is 12.5 Å². The zero-order valence-corrected chi connectivity index (χ0v) is 10.2. The SMILES string of the molecule is C=CC(=O)OC1CCC(=C)C(=CC(C)C)C1. The Morgan fingerprint density at radius 1 is 1.56 bits per heavy atom. The number of rotatable bonds is 3. The largest absolute Gasteiger partial charge is 0.459 e. The number of hydrogen-bond acceptors (Lipinski definition) is 2. The molecule has 88 valence electrons. The fourth-order valence-corrected chi connectivity index (χ4v) is 1.89. The lowest BCUT2D eigenvalue weighted by atomic mass is 9.87. The van der Waals surface area contributed by atoms with Crippen LogP contribution < -0.4 is 0 Å². The second kappa shape index (κ2) is 5.69. The highest BCUT2D eigenvalue weighted by Gasteiger charge is 2.22. The van der Waals surface area contributed by atoms with Crippen molar-refractivity contribution in [1.82, 2.24) is 0 Å². The molecule has 1 aliphatic carbocycles. The number of carbonyl (C=O) groups is 1. The molecule has 0 N–H and O–H groups in total. The van der Waals surface area contributed by atoms with Gasteiger partial charge in [0.15, 0.2) is 0 Å². The number of esters is 1. The first-order valence-corrected chi connectivity index (χ1v) is 5.74. The van der Waals surface area contributed by atoms with E-state index in [1.54, 1.807) is 0 Å². The Hall–Kier alpha value is -1.31. The van der Waals surface area contributed by atoms with E-state index in [1.807, 2.05) is 0 Å². The fourth-order valence-electron chi connectivity index (χ4n) is 1.89. The highest BCUT2D eigenvalue weighted by Crippen LogP contribution is 2.30. The summed E-state index contributed by atoms with van der Waals surface area (Å²) < 4.78 is 5.26. The van der Waals surface area contributed by atoms with Crippen molar-refractivity contribution in [3.63, 3.8) is 0 Å². The molecule has 0 saturated heterocycles. The van der Waals surface area contributed by atoms with Crippen molar-refractivity contribution < 1.29 is 9.53 Å². The third-order valence-corrected chi connectivity index (χ3v) is 2.65. The molecule has 0 aromatic rings. The molecule has 0 aromatic carbocycles. The van der Waals surface area contributed by atoms with Crippen LogP contribution in [0.25, 0.3) is 0 Å². The van der Waals surface area contributed by atoms with Crippen LogP contribution in [-0.4, -0.2) is 12.1 Å². The Labute approximate surface area is 97.7 Å². The molecule has 0 aromatic heterocycles. The number of allylic oxidation sites excluding steroid dienone is 2. The lowest BCUT2D eigenvalue weighted by Gasteiger charge is -2.26. The summed E-state index contributed by atoms with van der Waals surface area (Å²) in [5, 5.41) is 0. The lowest BCUT2D eigenvalue weighted by molar-refractivity contribution is -0.143. The molecule has 1 unspecified atom stereocenters. The average Bonchev–Trinajstić information content (AvgIpc) is 2.22. The van der Waals surface area contributed by atoms with Gasteiger partial charge in [-0.25, -0.2) is 4.79 Å². The molecule has 0 radical (unpaired) electrons. The summed E-state index contributed by atoms with van der Waals surface area (Å²) >= 11 is 0. The van der Waals surface area contributed by atoms with Crippen LogP contribution in [0.5, 0.6) is 0 Å². The zero-order chi connectivity index (χ0) is 12.1. The van der Waals surface area contributed by atoms with Gasteiger partial charge in [-0.05, 0) is 24.3 Å². The van der Waals surface area contributed by atoms with Crippen LogP contribution in [0, 0.1) is 5.92 Å². The third-order valence-electron chi connectivity index (χ3n) is 2.65. The van der Waals surface area contributed by atoms with Crippen molar-refractivity contribution in [3.8, 4) is 0 Å². The summed E-state index contributed by atoms with van der Waals surface area (Å²) in [5.74, 6) is 0.169. The van der Waals surface area contributed by atoms with E-state index in [4.69, 9.17) is 4.74 Å². The van der Waals surface area contributed by atoms with E-state index in [-0.39, 0.29) is 12.1 Å². The molecule has 1 rings (SSSR count). The quantitative estimate of drug-likeness (QED) is 0.538. The minimum Gasteiger partial charge on any atom is -0.459 e. The van der Waals surface area contributed by atoms with Crippen molar-refractivity contribution in [2.75, 3.05) is 0 Å². The second-order valence-electron chi connectivity index (χ2n) is 4.55. The van der Waals surface area contributed by atoms with E-state index >= 15 is 0 Å². The number of ether oxygens (including phenoxy) is 1. The molecule has 0 aliphatic heterocycles. The van der Waals surface area contributed by atoms with Crippen molar-refractivity contribution in [2.24, 2.45) is 5.92 Å². The summed E-state index contributed by atoms with van der Waals surface area (Å²) in [4.78, 5) is 11.1. The smallest absolute Gasteiger partial charge is 0.330 e. The van der Waals surface area contributed by atoms with Gasteiger partial charge in [-0.15, -0.1) is 0 Å². The number of carbonyl (C=O) groups excluding carboxylic acids is 1. The molecule has 1 aliphatic rings. The first-order valence-electron chi connectivity index (χ1n) is 5.74. The maximum Gasteiger partial charge on any atom is 0.330 e. The van der Waals surface area contributed by atoms with Crippen molar-refractivity contribution in [3.05, 3.63) is 36.5 Å². The van der Waals surface area contributed by atoms with Gasteiger partial charge >= 0.3 is 5.97 Å².